The van der Waals surface area contributed by atoms with Gasteiger partial charge in [-0.2, -0.15) is 18.2 Å². The van der Waals surface area contributed by atoms with E-state index in [1.54, 1.807) is 0 Å². The molecule has 11 heavy (non-hydrogen) atoms. The van der Waals surface area contributed by atoms with Gasteiger partial charge in [-0.05, 0) is 0 Å². The van der Waals surface area contributed by atoms with Crippen LogP contribution in [0.4, 0.5) is 19.1 Å². The van der Waals surface area contributed by atoms with E-state index in [1.807, 2.05) is 0 Å². The smallest absolute Gasteiger partial charge is 0.366 e. The van der Waals surface area contributed by atoms with Crippen LogP contribution in [0.25, 0.3) is 0 Å². The van der Waals surface area contributed by atoms with Gasteiger partial charge in [0.25, 0.3) is 0 Å². The average Bonchev–Trinajstić information content (AvgIpc) is 2.08. The first kappa shape index (κ1) is 7.83. The Kier molecular flexibility index (Phi) is 1.50. The first-order chi connectivity index (χ1) is 4.91. The van der Waals surface area contributed by atoms with Crippen molar-refractivity contribution in [2.24, 2.45) is 7.05 Å². The molecule has 7 heteroatoms. The number of nitrogens with zero attached hydrogens (tertiary/aromatic N) is 3. The van der Waals surface area contributed by atoms with Crippen LogP contribution in [-0.2, 0) is 13.2 Å². The summed E-state index contributed by atoms with van der Waals surface area (Å²) in [5.41, 5.74) is 4.93. The second-order valence-corrected chi connectivity index (χ2v) is 1.91. The minimum absolute atomic E-state index is 0.375. The van der Waals surface area contributed by atoms with Crippen LogP contribution in [0.2, 0.25) is 0 Å². The summed E-state index contributed by atoms with van der Waals surface area (Å²) in [6, 6.07) is 0. The standard InChI is InChI=1S/C4H5F3N4/c1-11-2(4(5,6)7)9-3(8)10-11/h1H3,(H2,8,10). The van der Waals surface area contributed by atoms with Crippen molar-refractivity contribution in [1.82, 2.24) is 14.8 Å². The van der Waals surface area contributed by atoms with Crippen molar-refractivity contribution in [3.63, 3.8) is 0 Å². The Balaban J connectivity index is 3.13. The summed E-state index contributed by atoms with van der Waals surface area (Å²) in [6.45, 7) is 0. The Morgan fingerprint density at radius 2 is 2.00 bits per heavy atom. The highest BCUT2D eigenvalue weighted by Gasteiger charge is 2.36. The molecule has 1 aromatic heterocycles. The molecule has 2 N–H and O–H groups in total. The molecule has 1 aromatic rings. The van der Waals surface area contributed by atoms with Crippen molar-refractivity contribution in [3.8, 4) is 0 Å². The van der Waals surface area contributed by atoms with Gasteiger partial charge in [0.2, 0.25) is 11.8 Å². The van der Waals surface area contributed by atoms with Gasteiger partial charge in [0, 0.05) is 7.05 Å². The predicted octanol–water partition coefficient (Wildman–Crippen LogP) is 0.416. The number of halogens is 3. The van der Waals surface area contributed by atoms with Gasteiger partial charge in [0.15, 0.2) is 0 Å². The number of hydrogen-bond acceptors (Lipinski definition) is 3. The molecule has 0 aromatic carbocycles. The number of alkyl halides is 3. The number of hydrogen-bond donors (Lipinski definition) is 1. The Labute approximate surface area is 59.8 Å². The first-order valence-electron chi connectivity index (χ1n) is 2.65. The zero-order valence-electron chi connectivity index (χ0n) is 5.55. The second kappa shape index (κ2) is 2.11. The summed E-state index contributed by atoms with van der Waals surface area (Å²) < 4.78 is 36.2. The lowest BCUT2D eigenvalue weighted by atomic mass is 10.6. The van der Waals surface area contributed by atoms with Crippen LogP contribution in [0, 0.1) is 0 Å². The highest BCUT2D eigenvalue weighted by Crippen LogP contribution is 2.27. The minimum Gasteiger partial charge on any atom is -0.366 e. The maximum atomic E-state index is 11.9. The molecule has 0 saturated carbocycles. The Morgan fingerprint density at radius 3 is 2.18 bits per heavy atom. The number of aryl methyl sites for hydroxylation is 1. The SMILES string of the molecule is Cn1nc(N)nc1C(F)(F)F. The van der Waals surface area contributed by atoms with E-state index in [4.69, 9.17) is 5.73 Å². The van der Waals surface area contributed by atoms with E-state index in [0.717, 1.165) is 7.05 Å². The van der Waals surface area contributed by atoms with Gasteiger partial charge in [0.1, 0.15) is 0 Å². The molecule has 0 spiro atoms. The van der Waals surface area contributed by atoms with Crippen molar-refractivity contribution in [3.05, 3.63) is 5.82 Å². The molecule has 0 aliphatic carbocycles. The van der Waals surface area contributed by atoms with E-state index >= 15 is 0 Å². The molecular weight excluding hydrogens is 161 g/mol. The average molecular weight is 166 g/mol. The summed E-state index contributed by atoms with van der Waals surface area (Å²) >= 11 is 0. The molecule has 0 fully saturated rings. The summed E-state index contributed by atoms with van der Waals surface area (Å²) in [6.07, 6.45) is -4.49. The predicted molar refractivity (Wildman–Crippen MR) is 30.4 cm³/mol. The van der Waals surface area contributed by atoms with Crippen LogP contribution in [-0.4, -0.2) is 14.8 Å². The third-order valence-electron chi connectivity index (χ3n) is 1.03. The van der Waals surface area contributed by atoms with Gasteiger partial charge in [0.05, 0.1) is 0 Å². The number of nitrogen functional groups attached to an aromatic ring is 1. The normalized spacial score (nSPS) is 12.0. The number of anilines is 1. The molecule has 1 heterocycles. The van der Waals surface area contributed by atoms with E-state index in [-0.39, 0.29) is 5.95 Å². The van der Waals surface area contributed by atoms with Crippen LogP contribution < -0.4 is 5.73 Å². The molecular formula is C4H5F3N4. The maximum absolute atomic E-state index is 11.9. The van der Waals surface area contributed by atoms with Crippen LogP contribution in [0.1, 0.15) is 5.82 Å². The molecule has 1 rings (SSSR count). The summed E-state index contributed by atoms with van der Waals surface area (Å²) in [4.78, 5) is 2.99. The van der Waals surface area contributed by atoms with Crippen molar-refractivity contribution >= 4 is 5.95 Å². The van der Waals surface area contributed by atoms with Crippen molar-refractivity contribution in [2.45, 2.75) is 6.18 Å². The van der Waals surface area contributed by atoms with Gasteiger partial charge in [-0.3, -0.25) is 0 Å². The molecule has 0 atom stereocenters. The van der Waals surface area contributed by atoms with Crippen LogP contribution in [0.15, 0.2) is 0 Å². The number of rotatable bonds is 0. The van der Waals surface area contributed by atoms with Gasteiger partial charge in [-0.25, -0.2) is 4.68 Å². The summed E-state index contributed by atoms with van der Waals surface area (Å²) in [5.74, 6) is -1.46. The lowest BCUT2D eigenvalue weighted by molar-refractivity contribution is -0.147. The maximum Gasteiger partial charge on any atom is 0.451 e. The highest BCUT2D eigenvalue weighted by atomic mass is 19.4. The number of aromatic nitrogens is 3. The monoisotopic (exact) mass is 166 g/mol. The molecule has 0 aliphatic rings. The lowest BCUT2D eigenvalue weighted by Gasteiger charge is -2.02. The van der Waals surface area contributed by atoms with Crippen molar-refractivity contribution in [1.29, 1.82) is 0 Å². The number of nitrogens with two attached hydrogens (primary N) is 1. The van der Waals surface area contributed by atoms with E-state index in [1.165, 1.54) is 0 Å². The fourth-order valence-corrected chi connectivity index (χ4v) is 0.651. The largest absolute Gasteiger partial charge is 0.451 e. The third-order valence-corrected chi connectivity index (χ3v) is 1.03. The van der Waals surface area contributed by atoms with Crippen LogP contribution >= 0.6 is 0 Å². The minimum atomic E-state index is -4.49. The van der Waals surface area contributed by atoms with Crippen molar-refractivity contribution in [2.75, 3.05) is 5.73 Å². The quantitative estimate of drug-likeness (QED) is 0.607. The second-order valence-electron chi connectivity index (χ2n) is 1.91. The van der Waals surface area contributed by atoms with Gasteiger partial charge < -0.3 is 5.73 Å². The third kappa shape index (κ3) is 1.41. The molecule has 62 valence electrons. The van der Waals surface area contributed by atoms with E-state index in [0.29, 0.717) is 4.68 Å². The zero-order valence-corrected chi connectivity index (χ0v) is 5.55. The fraction of sp³-hybridized carbons (Fsp3) is 0.500. The van der Waals surface area contributed by atoms with Gasteiger partial charge in [-0.15, -0.1) is 5.10 Å². The summed E-state index contributed by atoms with van der Waals surface area (Å²) in [5, 5.41) is 3.24. The molecule has 0 saturated heterocycles. The molecule has 0 bridgehead atoms. The Morgan fingerprint density at radius 1 is 1.45 bits per heavy atom. The lowest BCUT2D eigenvalue weighted by Crippen LogP contribution is -2.13. The topological polar surface area (TPSA) is 56.7 Å². The Bertz CT molecular complexity index is 263. The van der Waals surface area contributed by atoms with Crippen LogP contribution in [0.3, 0.4) is 0 Å². The fourth-order valence-electron chi connectivity index (χ4n) is 0.651. The van der Waals surface area contributed by atoms with Crippen molar-refractivity contribution < 1.29 is 13.2 Å². The molecule has 0 amide bonds. The van der Waals surface area contributed by atoms with Crippen LogP contribution in [0.5, 0.6) is 0 Å². The zero-order chi connectivity index (χ0) is 8.65. The molecule has 0 radical (unpaired) electrons. The highest BCUT2D eigenvalue weighted by molar-refractivity contribution is 5.14. The summed E-state index contributed by atoms with van der Waals surface area (Å²) in [7, 11) is 1.13. The van der Waals surface area contributed by atoms with E-state index in [2.05, 4.69) is 10.1 Å². The molecule has 0 aliphatic heterocycles. The van der Waals surface area contributed by atoms with E-state index in [9.17, 15) is 13.2 Å². The van der Waals surface area contributed by atoms with Gasteiger partial charge in [-0.1, -0.05) is 0 Å². The van der Waals surface area contributed by atoms with E-state index < -0.39 is 12.0 Å². The first-order valence-corrected chi connectivity index (χ1v) is 2.65. The molecule has 4 nitrogen and oxygen atoms in total. The molecule has 0 unspecified atom stereocenters. The van der Waals surface area contributed by atoms with Gasteiger partial charge >= 0.3 is 6.18 Å². The Hall–Kier alpha value is -1.27.